The lowest BCUT2D eigenvalue weighted by Crippen LogP contribution is -2.05. The summed E-state index contributed by atoms with van der Waals surface area (Å²) in [6, 6.07) is 0. The Kier molecular flexibility index (Phi) is 5.99. The van der Waals surface area contributed by atoms with E-state index >= 15 is 0 Å². The fourth-order valence-corrected chi connectivity index (χ4v) is 0.415. The van der Waals surface area contributed by atoms with Gasteiger partial charge in [-0.05, 0) is 0 Å². The third-order valence-corrected chi connectivity index (χ3v) is 0.731. The zero-order chi connectivity index (χ0) is 6.41. The number of alkyl halides is 2. The summed E-state index contributed by atoms with van der Waals surface area (Å²) in [7, 11) is 0. The van der Waals surface area contributed by atoms with Crippen molar-refractivity contribution >= 4 is 23.2 Å². The summed E-state index contributed by atoms with van der Waals surface area (Å²) >= 11 is 10.5. The Morgan fingerprint density at radius 3 is 2.50 bits per heavy atom. The van der Waals surface area contributed by atoms with E-state index in [4.69, 9.17) is 33.0 Å². The van der Waals surface area contributed by atoms with E-state index in [9.17, 15) is 0 Å². The smallest absolute Gasteiger partial charge is 0.131 e. The van der Waals surface area contributed by atoms with Gasteiger partial charge < -0.3 is 9.84 Å². The van der Waals surface area contributed by atoms with Gasteiger partial charge in [0, 0.05) is 0 Å². The van der Waals surface area contributed by atoms with Crippen molar-refractivity contribution in [2.24, 2.45) is 0 Å². The second-order valence-corrected chi connectivity index (χ2v) is 2.47. The Hall–Kier alpha value is 0.500. The number of hydrogen-bond donors (Lipinski definition) is 1. The van der Waals surface area contributed by atoms with Crippen LogP contribution >= 0.6 is 23.2 Å². The van der Waals surface area contributed by atoms with Crippen molar-refractivity contribution in [3.63, 3.8) is 0 Å². The van der Waals surface area contributed by atoms with E-state index < -0.39 is 4.84 Å². The first-order valence-corrected chi connectivity index (χ1v) is 3.11. The first kappa shape index (κ1) is 8.50. The van der Waals surface area contributed by atoms with Crippen LogP contribution in [0.15, 0.2) is 0 Å². The van der Waals surface area contributed by atoms with Crippen molar-refractivity contribution in [1.29, 1.82) is 0 Å². The molecule has 50 valence electrons. The standard InChI is InChI=1S/C4H8Cl2O2/c5-4(6)3-8-2-1-7/h4,7H,1-3H2. The third kappa shape index (κ3) is 6.50. The zero-order valence-electron chi connectivity index (χ0n) is 4.31. The normalized spacial score (nSPS) is 10.5. The predicted molar refractivity (Wildman–Crippen MR) is 33.4 cm³/mol. The van der Waals surface area contributed by atoms with Gasteiger partial charge in [-0.1, -0.05) is 0 Å². The summed E-state index contributed by atoms with van der Waals surface area (Å²) in [4.78, 5) is -0.485. The fraction of sp³-hybridized carbons (Fsp3) is 1.00. The van der Waals surface area contributed by atoms with Crippen LogP contribution in [0.5, 0.6) is 0 Å². The van der Waals surface area contributed by atoms with Crippen LogP contribution in [-0.2, 0) is 4.74 Å². The molecule has 0 aliphatic carbocycles. The minimum atomic E-state index is -0.485. The van der Waals surface area contributed by atoms with Crippen LogP contribution in [0.1, 0.15) is 0 Å². The summed E-state index contributed by atoms with van der Waals surface area (Å²) in [6.45, 7) is 0.597. The Morgan fingerprint density at radius 1 is 1.50 bits per heavy atom. The summed E-state index contributed by atoms with van der Waals surface area (Å²) in [5.74, 6) is 0. The maximum Gasteiger partial charge on any atom is 0.131 e. The molecule has 0 heterocycles. The monoisotopic (exact) mass is 158 g/mol. The number of rotatable bonds is 4. The highest BCUT2D eigenvalue weighted by Crippen LogP contribution is 2.00. The van der Waals surface area contributed by atoms with Crippen LogP contribution in [0.3, 0.4) is 0 Å². The highest BCUT2D eigenvalue weighted by Gasteiger charge is 1.95. The SMILES string of the molecule is OCCOCC(Cl)Cl. The molecule has 0 unspecified atom stereocenters. The molecule has 4 heteroatoms. The molecule has 0 atom stereocenters. The molecule has 1 N–H and O–H groups in total. The van der Waals surface area contributed by atoms with Gasteiger partial charge in [0.05, 0.1) is 19.8 Å². The molecule has 0 saturated heterocycles. The maximum absolute atomic E-state index is 8.17. The molecule has 0 rings (SSSR count). The van der Waals surface area contributed by atoms with E-state index in [2.05, 4.69) is 0 Å². The number of hydrogen-bond acceptors (Lipinski definition) is 2. The molecule has 0 amide bonds. The lowest BCUT2D eigenvalue weighted by Gasteiger charge is -1.99. The van der Waals surface area contributed by atoms with Gasteiger partial charge in [-0.25, -0.2) is 0 Å². The second-order valence-electron chi connectivity index (χ2n) is 1.19. The van der Waals surface area contributed by atoms with Crippen LogP contribution in [0, 0.1) is 0 Å². The minimum absolute atomic E-state index is 0.0144. The highest BCUT2D eigenvalue weighted by atomic mass is 35.5. The number of halogens is 2. The summed E-state index contributed by atoms with van der Waals surface area (Å²) in [5.41, 5.74) is 0. The van der Waals surface area contributed by atoms with Gasteiger partial charge in [-0.15, -0.1) is 23.2 Å². The van der Waals surface area contributed by atoms with Gasteiger partial charge in [0.2, 0.25) is 0 Å². The van der Waals surface area contributed by atoms with E-state index in [1.807, 2.05) is 0 Å². The zero-order valence-corrected chi connectivity index (χ0v) is 5.82. The van der Waals surface area contributed by atoms with Crippen LogP contribution in [-0.4, -0.2) is 29.8 Å². The van der Waals surface area contributed by atoms with Crippen LogP contribution in [0.2, 0.25) is 0 Å². The molecule has 0 fully saturated rings. The van der Waals surface area contributed by atoms with Gasteiger partial charge in [0.15, 0.2) is 0 Å². The molecule has 0 aromatic carbocycles. The van der Waals surface area contributed by atoms with E-state index in [0.717, 1.165) is 0 Å². The number of aliphatic hydroxyl groups excluding tert-OH is 1. The quantitative estimate of drug-likeness (QED) is 0.485. The molecule has 0 spiro atoms. The van der Waals surface area contributed by atoms with Gasteiger partial charge in [-0.3, -0.25) is 0 Å². The molecule has 2 nitrogen and oxygen atoms in total. The van der Waals surface area contributed by atoms with E-state index in [-0.39, 0.29) is 13.2 Å². The summed E-state index contributed by atoms with van der Waals surface area (Å²) in [6.07, 6.45) is 0. The molecule has 0 aromatic rings. The molecule has 0 aliphatic heterocycles. The highest BCUT2D eigenvalue weighted by molar-refractivity contribution is 6.44. The summed E-state index contributed by atoms with van der Waals surface area (Å²) < 4.78 is 4.73. The Balaban J connectivity index is 2.72. The first-order chi connectivity index (χ1) is 3.77. The summed E-state index contributed by atoms with van der Waals surface area (Å²) in [5, 5.41) is 8.17. The average Bonchev–Trinajstić information content (AvgIpc) is 1.66. The van der Waals surface area contributed by atoms with Crippen LogP contribution in [0.25, 0.3) is 0 Å². The molecule has 0 aromatic heterocycles. The van der Waals surface area contributed by atoms with Crippen molar-refractivity contribution in [3.05, 3.63) is 0 Å². The lowest BCUT2D eigenvalue weighted by molar-refractivity contribution is 0.0994. The Labute approximate surface area is 58.3 Å². The molecule has 8 heavy (non-hydrogen) atoms. The number of aliphatic hydroxyl groups is 1. The van der Waals surface area contributed by atoms with Gasteiger partial charge in [0.25, 0.3) is 0 Å². The van der Waals surface area contributed by atoms with Crippen LogP contribution < -0.4 is 0 Å². The average molecular weight is 159 g/mol. The molecule has 0 aliphatic rings. The van der Waals surface area contributed by atoms with Crippen molar-refractivity contribution in [1.82, 2.24) is 0 Å². The van der Waals surface area contributed by atoms with Crippen molar-refractivity contribution in [3.8, 4) is 0 Å². The van der Waals surface area contributed by atoms with E-state index in [0.29, 0.717) is 6.61 Å². The molecule has 0 saturated carbocycles. The first-order valence-electron chi connectivity index (χ1n) is 2.24. The Bertz CT molecular complexity index is 49.3. The fourth-order valence-electron chi connectivity index (χ4n) is 0.237. The maximum atomic E-state index is 8.17. The van der Waals surface area contributed by atoms with E-state index in [1.54, 1.807) is 0 Å². The topological polar surface area (TPSA) is 29.5 Å². The largest absolute Gasteiger partial charge is 0.394 e. The Morgan fingerprint density at radius 2 is 2.12 bits per heavy atom. The van der Waals surface area contributed by atoms with Gasteiger partial charge in [0.1, 0.15) is 4.84 Å². The molecule has 0 bridgehead atoms. The second kappa shape index (κ2) is 5.63. The van der Waals surface area contributed by atoms with Crippen molar-refractivity contribution in [2.75, 3.05) is 19.8 Å². The number of ether oxygens (including phenoxy) is 1. The van der Waals surface area contributed by atoms with Gasteiger partial charge >= 0.3 is 0 Å². The molecular weight excluding hydrogens is 151 g/mol. The third-order valence-electron chi connectivity index (χ3n) is 0.479. The van der Waals surface area contributed by atoms with Gasteiger partial charge in [-0.2, -0.15) is 0 Å². The van der Waals surface area contributed by atoms with E-state index in [1.165, 1.54) is 0 Å². The molecular formula is C4H8Cl2O2. The minimum Gasteiger partial charge on any atom is -0.394 e. The van der Waals surface area contributed by atoms with Crippen LogP contribution in [0.4, 0.5) is 0 Å². The van der Waals surface area contributed by atoms with Crippen molar-refractivity contribution < 1.29 is 9.84 Å². The molecule has 0 radical (unpaired) electrons. The lowest BCUT2D eigenvalue weighted by atomic mass is 10.7. The van der Waals surface area contributed by atoms with Crippen molar-refractivity contribution in [2.45, 2.75) is 4.84 Å². The predicted octanol–water partition coefficient (Wildman–Crippen LogP) is 0.799.